The summed E-state index contributed by atoms with van der Waals surface area (Å²) < 4.78 is 0. The Morgan fingerprint density at radius 2 is 1.75 bits per heavy atom. The fraction of sp³-hybridized carbons (Fsp3) is 0.900. The summed E-state index contributed by atoms with van der Waals surface area (Å²) in [6, 6.07) is 0. The molecule has 0 aliphatic rings. The zero-order valence-electron chi connectivity index (χ0n) is 9.35. The fourth-order valence-corrected chi connectivity index (χ4v) is 1.07. The third-order valence-corrected chi connectivity index (χ3v) is 1.17. The van der Waals surface area contributed by atoms with E-state index in [1.54, 1.807) is 6.92 Å². The van der Waals surface area contributed by atoms with Crippen LogP contribution in [0, 0.1) is 5.92 Å². The molecule has 0 amide bonds. The molecule has 0 radical (unpaired) electrons. The van der Waals surface area contributed by atoms with Crippen molar-refractivity contribution in [1.82, 2.24) is 4.90 Å². The predicted octanol–water partition coefficient (Wildman–Crippen LogP) is 2.19. The van der Waals surface area contributed by atoms with Crippen LogP contribution in [0.1, 0.15) is 34.6 Å². The van der Waals surface area contributed by atoms with Gasteiger partial charge in [-0.1, -0.05) is 27.7 Å². The third-order valence-electron chi connectivity index (χ3n) is 1.17. The molecule has 0 atom stereocenters. The summed E-state index contributed by atoms with van der Waals surface area (Å²) in [6.45, 7) is 11.5. The molecular weight excluding hydrogens is 150 g/mol. The van der Waals surface area contributed by atoms with Crippen LogP contribution in [0.4, 0.5) is 0 Å². The molecule has 12 heavy (non-hydrogen) atoms. The number of hydrogen-bond acceptors (Lipinski definition) is 2. The normalized spacial score (nSPS) is 9.67. The van der Waals surface area contributed by atoms with Gasteiger partial charge in [0, 0.05) is 6.54 Å². The lowest BCUT2D eigenvalue weighted by atomic mass is 10.2. The van der Waals surface area contributed by atoms with E-state index in [9.17, 15) is 4.79 Å². The minimum atomic E-state index is 0.239. The molecule has 0 saturated carbocycles. The zero-order chi connectivity index (χ0) is 10.1. The molecule has 2 nitrogen and oxygen atoms in total. The first-order valence-electron chi connectivity index (χ1n) is 4.70. The van der Waals surface area contributed by atoms with Gasteiger partial charge in [-0.05, 0) is 19.9 Å². The van der Waals surface area contributed by atoms with Crippen LogP contribution in [-0.4, -0.2) is 30.8 Å². The van der Waals surface area contributed by atoms with Crippen molar-refractivity contribution in [3.63, 3.8) is 0 Å². The standard InChI is InChI=1S/C8H17NO.C2H6/c1-7(2)5-9(4)6-8(3)10;1-2/h7H,5-6H2,1-4H3;1-2H3. The Bertz CT molecular complexity index is 110. The highest BCUT2D eigenvalue weighted by Crippen LogP contribution is 1.94. The molecule has 0 aliphatic carbocycles. The van der Waals surface area contributed by atoms with Crippen LogP contribution < -0.4 is 0 Å². The molecule has 0 unspecified atom stereocenters. The lowest BCUT2D eigenvalue weighted by Gasteiger charge is -2.16. The number of rotatable bonds is 4. The maximum absolute atomic E-state index is 10.6. The molecular formula is C10H23NO. The Kier molecular flexibility index (Phi) is 10.3. The van der Waals surface area contributed by atoms with Crippen LogP contribution in [0.5, 0.6) is 0 Å². The average molecular weight is 173 g/mol. The van der Waals surface area contributed by atoms with E-state index in [1.165, 1.54) is 0 Å². The molecule has 0 saturated heterocycles. The monoisotopic (exact) mass is 173 g/mol. The van der Waals surface area contributed by atoms with Gasteiger partial charge < -0.3 is 0 Å². The summed E-state index contributed by atoms with van der Waals surface area (Å²) in [5.74, 6) is 0.882. The van der Waals surface area contributed by atoms with Crippen molar-refractivity contribution in [3.05, 3.63) is 0 Å². The maximum Gasteiger partial charge on any atom is 0.143 e. The van der Waals surface area contributed by atoms with Crippen molar-refractivity contribution in [2.24, 2.45) is 5.92 Å². The molecule has 74 valence electrons. The van der Waals surface area contributed by atoms with Gasteiger partial charge in [-0.25, -0.2) is 0 Å². The zero-order valence-corrected chi connectivity index (χ0v) is 9.35. The number of carbonyl (C=O) groups excluding carboxylic acids is 1. The average Bonchev–Trinajstić information content (AvgIpc) is 1.87. The Labute approximate surface area is 77.0 Å². The number of hydrogen-bond donors (Lipinski definition) is 0. The molecule has 0 aromatic rings. The van der Waals surface area contributed by atoms with Crippen molar-refractivity contribution in [2.75, 3.05) is 20.1 Å². The lowest BCUT2D eigenvalue weighted by Crippen LogP contribution is -2.27. The van der Waals surface area contributed by atoms with Crippen LogP contribution in [0.15, 0.2) is 0 Å². The minimum Gasteiger partial charge on any atom is -0.299 e. The van der Waals surface area contributed by atoms with Gasteiger partial charge in [-0.2, -0.15) is 0 Å². The molecule has 2 heteroatoms. The molecule has 0 spiro atoms. The summed E-state index contributed by atoms with van der Waals surface area (Å²) >= 11 is 0. The minimum absolute atomic E-state index is 0.239. The van der Waals surface area contributed by atoms with Crippen molar-refractivity contribution in [3.8, 4) is 0 Å². The van der Waals surface area contributed by atoms with E-state index in [-0.39, 0.29) is 5.78 Å². The van der Waals surface area contributed by atoms with Gasteiger partial charge >= 0.3 is 0 Å². The van der Waals surface area contributed by atoms with E-state index < -0.39 is 0 Å². The van der Waals surface area contributed by atoms with E-state index >= 15 is 0 Å². The number of carbonyl (C=O) groups is 1. The largest absolute Gasteiger partial charge is 0.299 e. The van der Waals surface area contributed by atoms with Crippen LogP contribution in [0.2, 0.25) is 0 Å². The molecule has 0 N–H and O–H groups in total. The molecule has 0 aliphatic heterocycles. The van der Waals surface area contributed by atoms with Crippen molar-refractivity contribution >= 4 is 5.78 Å². The van der Waals surface area contributed by atoms with Gasteiger partial charge in [-0.3, -0.25) is 9.69 Å². The number of Topliss-reactive ketones (excluding diaryl/α,β-unsaturated/α-hetero) is 1. The smallest absolute Gasteiger partial charge is 0.143 e. The van der Waals surface area contributed by atoms with E-state index in [0.29, 0.717) is 12.5 Å². The first kappa shape index (κ1) is 14.2. The highest BCUT2D eigenvalue weighted by Gasteiger charge is 2.02. The Balaban J connectivity index is 0. The summed E-state index contributed by atoms with van der Waals surface area (Å²) in [6.07, 6.45) is 0. The van der Waals surface area contributed by atoms with E-state index in [2.05, 4.69) is 13.8 Å². The molecule has 0 fully saturated rings. The van der Waals surface area contributed by atoms with Crippen molar-refractivity contribution in [1.29, 1.82) is 0 Å². The Hall–Kier alpha value is -0.370. The quantitative estimate of drug-likeness (QED) is 0.649. The first-order chi connectivity index (χ1) is 5.52. The third kappa shape index (κ3) is 12.3. The lowest BCUT2D eigenvalue weighted by molar-refractivity contribution is -0.117. The summed E-state index contributed by atoms with van der Waals surface area (Å²) in [4.78, 5) is 12.6. The number of nitrogens with zero attached hydrogens (tertiary/aromatic N) is 1. The van der Waals surface area contributed by atoms with Crippen molar-refractivity contribution < 1.29 is 4.79 Å². The summed E-state index contributed by atoms with van der Waals surface area (Å²) in [7, 11) is 1.97. The molecule has 0 heterocycles. The van der Waals surface area contributed by atoms with Gasteiger partial charge in [0.05, 0.1) is 6.54 Å². The second kappa shape index (κ2) is 8.72. The van der Waals surface area contributed by atoms with Gasteiger partial charge in [0.15, 0.2) is 0 Å². The van der Waals surface area contributed by atoms with Gasteiger partial charge in [0.2, 0.25) is 0 Å². The Morgan fingerprint density at radius 1 is 1.33 bits per heavy atom. The molecule has 0 bridgehead atoms. The Morgan fingerprint density at radius 3 is 2.00 bits per heavy atom. The maximum atomic E-state index is 10.6. The van der Waals surface area contributed by atoms with E-state index in [1.807, 2.05) is 25.8 Å². The topological polar surface area (TPSA) is 20.3 Å². The summed E-state index contributed by atoms with van der Waals surface area (Å²) in [5.41, 5.74) is 0. The summed E-state index contributed by atoms with van der Waals surface area (Å²) in [5, 5.41) is 0. The van der Waals surface area contributed by atoms with Gasteiger partial charge in [0.25, 0.3) is 0 Å². The van der Waals surface area contributed by atoms with Crippen LogP contribution in [-0.2, 0) is 4.79 Å². The van der Waals surface area contributed by atoms with E-state index in [4.69, 9.17) is 0 Å². The molecule has 0 aromatic carbocycles. The van der Waals surface area contributed by atoms with Gasteiger partial charge in [0.1, 0.15) is 5.78 Å². The van der Waals surface area contributed by atoms with Gasteiger partial charge in [-0.15, -0.1) is 0 Å². The number of likely N-dealkylation sites (N-methyl/N-ethyl adjacent to an activating group) is 1. The first-order valence-corrected chi connectivity index (χ1v) is 4.70. The highest BCUT2D eigenvalue weighted by atomic mass is 16.1. The second-order valence-corrected chi connectivity index (χ2v) is 3.29. The second-order valence-electron chi connectivity index (χ2n) is 3.29. The molecule has 0 aromatic heterocycles. The fourth-order valence-electron chi connectivity index (χ4n) is 1.07. The highest BCUT2D eigenvalue weighted by molar-refractivity contribution is 5.77. The molecule has 0 rings (SSSR count). The number of ketones is 1. The predicted molar refractivity (Wildman–Crippen MR) is 54.4 cm³/mol. The van der Waals surface area contributed by atoms with E-state index in [0.717, 1.165) is 6.54 Å². The van der Waals surface area contributed by atoms with Crippen molar-refractivity contribution in [2.45, 2.75) is 34.6 Å². The van der Waals surface area contributed by atoms with Crippen LogP contribution in [0.3, 0.4) is 0 Å². The van der Waals surface area contributed by atoms with Crippen LogP contribution in [0.25, 0.3) is 0 Å². The SMILES string of the molecule is CC.CC(=O)CN(C)CC(C)C. The van der Waals surface area contributed by atoms with Crippen LogP contribution >= 0.6 is 0 Å².